The zero-order valence-corrected chi connectivity index (χ0v) is 19.0. The molecule has 2 N–H and O–H groups in total. The highest BCUT2D eigenvalue weighted by atomic mass is 19.4. The smallest absolute Gasteiger partial charge is 0.368 e. The first kappa shape index (κ1) is 23.9. The third kappa shape index (κ3) is 6.03. The molecule has 3 heterocycles. The fourth-order valence-electron chi connectivity index (χ4n) is 3.42. The average Bonchev–Trinajstić information content (AvgIpc) is 3.28. The van der Waals surface area contributed by atoms with Crippen molar-refractivity contribution >= 4 is 17.4 Å². The second-order valence-electron chi connectivity index (χ2n) is 7.63. The number of fused-ring (bicyclic) bond motifs is 1. The summed E-state index contributed by atoms with van der Waals surface area (Å²) in [7, 11) is 1.49. The van der Waals surface area contributed by atoms with Crippen LogP contribution in [-0.4, -0.2) is 43.1 Å². The number of hydrogen-bond acceptors (Lipinski definition) is 7. The second-order valence-corrected chi connectivity index (χ2v) is 7.63. The number of nitrogens with one attached hydrogen (secondary N) is 2. The van der Waals surface area contributed by atoms with E-state index in [9.17, 15) is 13.2 Å². The lowest BCUT2D eigenvalue weighted by molar-refractivity contribution is -0.144. The number of aryl methyl sites for hydroxylation is 1. The summed E-state index contributed by atoms with van der Waals surface area (Å²) in [6.07, 6.45) is 3.13. The molecule has 0 saturated heterocycles. The fraction of sp³-hybridized carbons (Fsp3) is 0.292. The van der Waals surface area contributed by atoms with E-state index in [1.165, 1.54) is 11.6 Å². The number of benzene rings is 1. The highest BCUT2D eigenvalue weighted by molar-refractivity contribution is 5.52. The lowest BCUT2D eigenvalue weighted by Gasteiger charge is -2.09. The van der Waals surface area contributed by atoms with Crippen LogP contribution in [0.2, 0.25) is 0 Å². The lowest BCUT2D eigenvalue weighted by Crippen LogP contribution is -2.15. The molecule has 1 aromatic carbocycles. The Morgan fingerprint density at radius 2 is 1.77 bits per heavy atom. The van der Waals surface area contributed by atoms with E-state index < -0.39 is 12.0 Å². The predicted molar refractivity (Wildman–Crippen MR) is 126 cm³/mol. The minimum atomic E-state index is -4.63. The summed E-state index contributed by atoms with van der Waals surface area (Å²) in [5.41, 5.74) is 2.28. The molecule has 35 heavy (non-hydrogen) atoms. The van der Waals surface area contributed by atoms with E-state index in [1.54, 1.807) is 18.6 Å². The number of anilines is 2. The van der Waals surface area contributed by atoms with E-state index in [0.717, 1.165) is 24.8 Å². The molecule has 4 aromatic rings. The minimum Gasteiger partial charge on any atom is -0.368 e. The van der Waals surface area contributed by atoms with Gasteiger partial charge in [-0.1, -0.05) is 30.5 Å². The summed E-state index contributed by atoms with van der Waals surface area (Å²) in [5.74, 6) is 5.56. The van der Waals surface area contributed by atoms with Crippen molar-refractivity contribution in [3.05, 3.63) is 71.6 Å². The van der Waals surface area contributed by atoms with Crippen molar-refractivity contribution in [2.24, 2.45) is 0 Å². The Labute approximate surface area is 200 Å². The third-order valence-electron chi connectivity index (χ3n) is 5.13. The molecule has 0 radical (unpaired) electrons. The van der Waals surface area contributed by atoms with Gasteiger partial charge in [-0.15, -0.1) is 0 Å². The van der Waals surface area contributed by atoms with Gasteiger partial charge < -0.3 is 10.6 Å². The molecule has 0 aliphatic rings. The number of nitrogens with zero attached hydrogens (tertiary/aromatic N) is 6. The molecule has 0 fully saturated rings. The largest absolute Gasteiger partial charge is 0.451 e. The van der Waals surface area contributed by atoms with Crippen molar-refractivity contribution in [2.75, 3.05) is 24.2 Å². The van der Waals surface area contributed by atoms with Crippen LogP contribution in [0.15, 0.2) is 48.9 Å². The zero-order chi connectivity index (χ0) is 24.7. The number of halogens is 3. The van der Waals surface area contributed by atoms with E-state index in [-0.39, 0.29) is 11.6 Å². The quantitative estimate of drug-likeness (QED) is 0.288. The molecule has 0 bridgehead atoms. The highest BCUT2D eigenvalue weighted by Gasteiger charge is 2.36. The molecule has 0 saturated carbocycles. The van der Waals surface area contributed by atoms with Gasteiger partial charge in [-0.25, -0.2) is 15.0 Å². The second kappa shape index (κ2) is 10.8. The van der Waals surface area contributed by atoms with Gasteiger partial charge in [-0.3, -0.25) is 0 Å². The first-order chi connectivity index (χ1) is 17.0. The standard InChI is InChI=1S/C24H23F3N8/c1-28-23-34-22(24(25,26)27)33-21-18(16-32-35(21)23)10-6-3-7-13-30-20-19(29-14-15-31-20)12-11-17-8-4-2-5-9-17/h2,4-5,8-9,14-16H,3,6-7,10,13H2,1H3,(H,30,31)(H,28,33,34). The Kier molecular flexibility index (Phi) is 7.40. The Morgan fingerprint density at radius 3 is 2.54 bits per heavy atom. The number of alkyl halides is 3. The van der Waals surface area contributed by atoms with E-state index in [2.05, 4.69) is 47.5 Å². The van der Waals surface area contributed by atoms with Crippen LogP contribution in [0.25, 0.3) is 5.65 Å². The maximum atomic E-state index is 13.2. The molecule has 11 heteroatoms. The zero-order valence-electron chi connectivity index (χ0n) is 19.0. The van der Waals surface area contributed by atoms with Crippen molar-refractivity contribution in [1.29, 1.82) is 0 Å². The maximum Gasteiger partial charge on any atom is 0.451 e. The topological polar surface area (TPSA) is 92.9 Å². The normalized spacial score (nSPS) is 11.2. The van der Waals surface area contributed by atoms with Crippen molar-refractivity contribution < 1.29 is 13.2 Å². The maximum absolute atomic E-state index is 13.2. The van der Waals surface area contributed by atoms with Gasteiger partial charge >= 0.3 is 6.18 Å². The van der Waals surface area contributed by atoms with Gasteiger partial charge in [-0.2, -0.15) is 27.8 Å². The molecular formula is C24H23F3N8. The lowest BCUT2D eigenvalue weighted by atomic mass is 10.1. The summed E-state index contributed by atoms with van der Waals surface area (Å²) in [6, 6.07) is 9.64. The third-order valence-corrected chi connectivity index (χ3v) is 5.13. The monoisotopic (exact) mass is 480 g/mol. The minimum absolute atomic E-state index is 0.00656. The van der Waals surface area contributed by atoms with E-state index in [1.807, 2.05) is 30.3 Å². The molecule has 0 spiro atoms. The van der Waals surface area contributed by atoms with Crippen LogP contribution >= 0.6 is 0 Å². The van der Waals surface area contributed by atoms with Crippen molar-refractivity contribution in [3.63, 3.8) is 0 Å². The molecule has 4 rings (SSSR count). The van der Waals surface area contributed by atoms with Crippen molar-refractivity contribution in [2.45, 2.75) is 31.9 Å². The molecule has 0 atom stereocenters. The van der Waals surface area contributed by atoms with Gasteiger partial charge in [0.05, 0.1) is 6.20 Å². The Morgan fingerprint density at radius 1 is 0.971 bits per heavy atom. The van der Waals surface area contributed by atoms with Crippen LogP contribution in [0.4, 0.5) is 24.9 Å². The van der Waals surface area contributed by atoms with Crippen LogP contribution < -0.4 is 10.6 Å². The van der Waals surface area contributed by atoms with Gasteiger partial charge in [0, 0.05) is 37.1 Å². The van der Waals surface area contributed by atoms with Crippen LogP contribution in [0.3, 0.4) is 0 Å². The summed E-state index contributed by atoms with van der Waals surface area (Å²) in [6.45, 7) is 0.664. The van der Waals surface area contributed by atoms with E-state index >= 15 is 0 Å². The first-order valence-corrected chi connectivity index (χ1v) is 11.1. The van der Waals surface area contributed by atoms with Crippen molar-refractivity contribution in [1.82, 2.24) is 29.5 Å². The van der Waals surface area contributed by atoms with E-state index in [0.29, 0.717) is 30.0 Å². The molecule has 0 aliphatic heterocycles. The van der Waals surface area contributed by atoms with Crippen molar-refractivity contribution in [3.8, 4) is 11.8 Å². The Balaban J connectivity index is 1.31. The molecule has 180 valence electrons. The van der Waals surface area contributed by atoms with Gasteiger partial charge in [0.1, 0.15) is 0 Å². The number of aromatic nitrogens is 6. The molecule has 8 nitrogen and oxygen atoms in total. The van der Waals surface area contributed by atoms with Crippen LogP contribution in [0, 0.1) is 11.8 Å². The van der Waals surface area contributed by atoms with Crippen LogP contribution in [-0.2, 0) is 12.6 Å². The number of hydrogen-bond donors (Lipinski definition) is 2. The first-order valence-electron chi connectivity index (χ1n) is 11.1. The fourth-order valence-corrected chi connectivity index (χ4v) is 3.42. The molecular weight excluding hydrogens is 457 g/mol. The SMILES string of the molecule is CNc1nc(C(F)(F)F)nc2c(CCCCCNc3nccnc3C#Cc3ccccc3)cnn12. The Bertz CT molecular complexity index is 1340. The molecule has 0 amide bonds. The predicted octanol–water partition coefficient (Wildman–Crippen LogP) is 4.20. The van der Waals surface area contributed by atoms with Crippen LogP contribution in [0.5, 0.6) is 0 Å². The summed E-state index contributed by atoms with van der Waals surface area (Å²) in [5, 5.41) is 10.0. The summed E-state index contributed by atoms with van der Waals surface area (Å²) < 4.78 is 40.8. The van der Waals surface area contributed by atoms with Crippen LogP contribution in [0.1, 0.15) is 41.9 Å². The van der Waals surface area contributed by atoms with Gasteiger partial charge in [0.2, 0.25) is 11.8 Å². The number of unbranched alkanes of at least 4 members (excludes halogenated alkanes) is 2. The molecule has 0 unspecified atom stereocenters. The molecule has 3 aromatic heterocycles. The number of rotatable bonds is 8. The average molecular weight is 480 g/mol. The summed E-state index contributed by atoms with van der Waals surface area (Å²) in [4.78, 5) is 15.9. The Hall–Kier alpha value is -4.20. The van der Waals surface area contributed by atoms with E-state index in [4.69, 9.17) is 0 Å². The molecule has 0 aliphatic carbocycles. The van der Waals surface area contributed by atoms with Gasteiger partial charge in [0.25, 0.3) is 0 Å². The highest BCUT2D eigenvalue weighted by Crippen LogP contribution is 2.28. The van der Waals surface area contributed by atoms with Gasteiger partial charge in [0.15, 0.2) is 17.2 Å². The summed E-state index contributed by atoms with van der Waals surface area (Å²) >= 11 is 0. The van der Waals surface area contributed by atoms with Gasteiger partial charge in [-0.05, 0) is 37.3 Å².